The van der Waals surface area contributed by atoms with Gasteiger partial charge in [-0.05, 0) is 119 Å². The smallest absolute Gasteiger partial charge is 0.410 e. The lowest BCUT2D eigenvalue weighted by Gasteiger charge is -2.40. The average Bonchev–Trinajstić information content (AvgIpc) is 3.80. The lowest BCUT2D eigenvalue weighted by Crippen LogP contribution is -2.47. The number of nitriles is 1. The number of halogens is 2. The number of likely N-dealkylation sites (tertiary alicyclic amines) is 3. The van der Waals surface area contributed by atoms with Crippen LogP contribution in [0.2, 0.25) is 5.02 Å². The monoisotopic (exact) mass is 831 g/mol. The van der Waals surface area contributed by atoms with Gasteiger partial charge in [-0.2, -0.15) is 5.26 Å². The summed E-state index contributed by atoms with van der Waals surface area (Å²) in [5.74, 6) is 4.16. The predicted octanol–water partition coefficient (Wildman–Crippen LogP) is 8.00. The van der Waals surface area contributed by atoms with Crippen LogP contribution in [-0.4, -0.2) is 114 Å². The van der Waals surface area contributed by atoms with E-state index in [1.807, 2.05) is 62.2 Å². The molecule has 312 valence electrons. The van der Waals surface area contributed by atoms with E-state index in [0.717, 1.165) is 87.2 Å². The van der Waals surface area contributed by atoms with Gasteiger partial charge in [0, 0.05) is 63.5 Å². The Hall–Kier alpha value is -3.82. The van der Waals surface area contributed by atoms with Crippen molar-refractivity contribution in [3.8, 4) is 17.6 Å². The van der Waals surface area contributed by atoms with Crippen LogP contribution < -0.4 is 14.4 Å². The Morgan fingerprint density at radius 1 is 0.897 bits per heavy atom. The van der Waals surface area contributed by atoms with Gasteiger partial charge in [-0.1, -0.05) is 37.6 Å². The first-order chi connectivity index (χ1) is 27.8. The highest BCUT2D eigenvalue weighted by Gasteiger charge is 2.43. The molecular weight excluding hydrogens is 773 g/mol. The topological polar surface area (TPSA) is 107 Å². The normalized spacial score (nSPS) is 21.2. The first kappa shape index (κ1) is 42.3. The molecule has 0 aliphatic carbocycles. The lowest BCUT2D eigenvalue weighted by atomic mass is 9.77. The number of rotatable bonds is 12. The van der Waals surface area contributed by atoms with Crippen molar-refractivity contribution in [1.82, 2.24) is 24.7 Å². The van der Waals surface area contributed by atoms with Crippen LogP contribution in [0, 0.1) is 29.1 Å². The van der Waals surface area contributed by atoms with E-state index in [1.165, 1.54) is 25.9 Å². The molecule has 0 spiro atoms. The molecule has 11 nitrogen and oxygen atoms in total. The maximum atomic E-state index is 12.5. The van der Waals surface area contributed by atoms with Gasteiger partial charge in [0.05, 0.1) is 22.2 Å². The molecule has 0 N–H and O–H groups in total. The summed E-state index contributed by atoms with van der Waals surface area (Å²) in [6, 6.07) is 16.6. The number of hydrogen-bond acceptors (Lipinski definition) is 10. The molecule has 0 saturated carbocycles. The minimum atomic E-state index is -0.445. The zero-order valence-electron chi connectivity index (χ0n) is 34.8. The van der Waals surface area contributed by atoms with Gasteiger partial charge in [-0.3, -0.25) is 4.90 Å². The van der Waals surface area contributed by atoms with Crippen molar-refractivity contribution in [2.24, 2.45) is 17.8 Å². The summed E-state index contributed by atoms with van der Waals surface area (Å²) in [5.41, 5.74) is 2.35. The Morgan fingerprint density at radius 3 is 2.22 bits per heavy atom. The molecule has 1 aromatic heterocycles. The molecule has 1 amide bonds. The highest BCUT2D eigenvalue weighted by Crippen LogP contribution is 2.39. The first-order valence-corrected chi connectivity index (χ1v) is 21.9. The molecule has 4 aliphatic heterocycles. The van der Waals surface area contributed by atoms with Gasteiger partial charge >= 0.3 is 6.09 Å². The summed E-state index contributed by atoms with van der Waals surface area (Å²) in [6.07, 6.45) is 6.27. The summed E-state index contributed by atoms with van der Waals surface area (Å²) in [6.45, 7) is 20.0. The molecule has 2 aromatic carbocycles. The Kier molecular flexibility index (Phi) is 13.3. The van der Waals surface area contributed by atoms with Gasteiger partial charge in [0.25, 0.3) is 0 Å². The molecule has 58 heavy (non-hydrogen) atoms. The number of ether oxygens (including phenoxy) is 3. The van der Waals surface area contributed by atoms with Crippen LogP contribution >= 0.6 is 23.2 Å². The van der Waals surface area contributed by atoms with E-state index >= 15 is 0 Å². The van der Waals surface area contributed by atoms with Gasteiger partial charge < -0.3 is 28.9 Å². The summed E-state index contributed by atoms with van der Waals surface area (Å²) in [5, 5.41) is 10.2. The molecule has 4 fully saturated rings. The van der Waals surface area contributed by atoms with Crippen molar-refractivity contribution in [3.63, 3.8) is 0 Å². The van der Waals surface area contributed by atoms with Gasteiger partial charge in [0.2, 0.25) is 5.95 Å². The highest BCUT2D eigenvalue weighted by molar-refractivity contribution is 6.32. The van der Waals surface area contributed by atoms with E-state index in [-0.39, 0.29) is 12.7 Å². The molecule has 3 aromatic rings. The maximum absolute atomic E-state index is 12.5. The number of carbonyl (C=O) groups excluding carboxylic acids is 1. The Balaban J connectivity index is 0.847. The zero-order chi connectivity index (χ0) is 41.0. The second-order valence-corrected chi connectivity index (χ2v) is 18.9. The number of anilines is 1. The number of benzene rings is 2. The summed E-state index contributed by atoms with van der Waals surface area (Å²) in [7, 11) is 0. The van der Waals surface area contributed by atoms with E-state index < -0.39 is 11.0 Å². The molecule has 5 heterocycles. The highest BCUT2D eigenvalue weighted by atomic mass is 35.5. The number of aromatic nitrogens is 2. The number of nitrogens with zero attached hydrogens (tertiary/aromatic N) is 7. The van der Waals surface area contributed by atoms with Gasteiger partial charge in [0.15, 0.2) is 5.75 Å². The minimum absolute atomic E-state index is 0.171. The number of fused-ring (bicyclic) bond motifs is 1. The number of alkyl halides is 1. The van der Waals surface area contributed by atoms with E-state index in [4.69, 9.17) is 42.4 Å². The molecular formula is C45H59Cl2N7O4. The molecule has 4 aliphatic rings. The third-order valence-corrected chi connectivity index (χ3v) is 13.0. The average molecular weight is 833 g/mol. The lowest BCUT2D eigenvalue weighted by molar-refractivity contribution is 0.0160. The molecule has 4 saturated heterocycles. The van der Waals surface area contributed by atoms with Crippen LogP contribution in [0.25, 0.3) is 0 Å². The van der Waals surface area contributed by atoms with Crippen molar-refractivity contribution in [2.45, 2.75) is 84.0 Å². The quantitative estimate of drug-likeness (QED) is 0.167. The van der Waals surface area contributed by atoms with Crippen LogP contribution in [0.4, 0.5) is 10.7 Å². The molecule has 0 radical (unpaired) electrons. The number of hydrogen-bond donors (Lipinski definition) is 0. The summed E-state index contributed by atoms with van der Waals surface area (Å²) in [4.78, 5) is 31.8. The third kappa shape index (κ3) is 10.1. The fraction of sp³-hybridized carbons (Fsp3) is 0.600. The molecule has 2 atom stereocenters. The molecule has 13 heteroatoms. The largest absolute Gasteiger partial charge is 0.489 e. The Morgan fingerprint density at radius 2 is 1.59 bits per heavy atom. The molecule has 7 rings (SSSR count). The SMILES string of the molecule is CC(C)(C)OC(=O)N1CCC(CN2CCC(N3CC4CN(c5nccc(COc6ccc(C(C)(C)c7cc(Cl)c(OCCCl)c(C#N)c7)cc6)n5)C[C@H]4C3)CC2)CC1. The first-order valence-electron chi connectivity index (χ1n) is 21.0. The fourth-order valence-electron chi connectivity index (χ4n) is 9.18. The van der Waals surface area contributed by atoms with Gasteiger partial charge in [-0.25, -0.2) is 14.8 Å². The summed E-state index contributed by atoms with van der Waals surface area (Å²) >= 11 is 12.3. The van der Waals surface area contributed by atoms with E-state index in [0.29, 0.717) is 52.6 Å². The van der Waals surface area contributed by atoms with Crippen molar-refractivity contribution < 1.29 is 19.0 Å². The van der Waals surface area contributed by atoms with Crippen molar-refractivity contribution in [1.29, 1.82) is 5.26 Å². The molecule has 1 unspecified atom stereocenters. The van der Waals surface area contributed by atoms with Crippen molar-refractivity contribution in [2.75, 3.05) is 76.3 Å². The Labute approximate surface area is 354 Å². The van der Waals surface area contributed by atoms with E-state index in [9.17, 15) is 10.1 Å². The van der Waals surface area contributed by atoms with Crippen LogP contribution in [0.15, 0.2) is 48.7 Å². The minimum Gasteiger partial charge on any atom is -0.489 e. The van der Waals surface area contributed by atoms with Gasteiger partial charge in [0.1, 0.15) is 30.6 Å². The number of amides is 1. The second kappa shape index (κ2) is 18.2. The maximum Gasteiger partial charge on any atom is 0.410 e. The second-order valence-electron chi connectivity index (χ2n) is 18.1. The van der Waals surface area contributed by atoms with E-state index in [1.54, 1.807) is 0 Å². The third-order valence-electron chi connectivity index (χ3n) is 12.5. The fourth-order valence-corrected chi connectivity index (χ4v) is 9.53. The van der Waals surface area contributed by atoms with Crippen LogP contribution in [0.3, 0.4) is 0 Å². The van der Waals surface area contributed by atoms with Crippen LogP contribution in [0.5, 0.6) is 11.5 Å². The van der Waals surface area contributed by atoms with Gasteiger partial charge in [-0.15, -0.1) is 11.6 Å². The number of carbonyl (C=O) groups is 1. The Bertz CT molecular complexity index is 1900. The predicted molar refractivity (Wildman–Crippen MR) is 228 cm³/mol. The van der Waals surface area contributed by atoms with Crippen LogP contribution in [-0.2, 0) is 16.8 Å². The standard InChI is InChI=1S/C45H59Cl2N7O4/c1-44(2,3)58-43(55)52-19-11-31(12-20-52)25-51-17-13-38(14-18-51)53-26-33-28-54(29-34(33)27-53)42-49-16-10-37(50-42)30-57-39-8-6-35(7-9-39)45(4,5)36-22-32(24-48)41(40(47)23-36)56-21-15-46/h6-10,16,22-23,31,33-34,38H,11-15,17-21,25-30H2,1-5H3/t33-,34?/m1/s1. The van der Waals surface area contributed by atoms with Crippen molar-refractivity contribution in [3.05, 3.63) is 76.1 Å². The van der Waals surface area contributed by atoms with Crippen LogP contribution in [0.1, 0.15) is 82.7 Å². The van der Waals surface area contributed by atoms with Crippen molar-refractivity contribution >= 4 is 35.2 Å². The molecule has 0 bridgehead atoms. The zero-order valence-corrected chi connectivity index (χ0v) is 36.3. The number of piperidine rings is 2. The summed E-state index contributed by atoms with van der Waals surface area (Å²) < 4.78 is 17.4. The van der Waals surface area contributed by atoms with E-state index in [2.05, 4.69) is 51.7 Å².